The van der Waals surface area contributed by atoms with Gasteiger partial charge in [-0.25, -0.2) is 4.79 Å². The quantitative estimate of drug-likeness (QED) is 0.136. The van der Waals surface area contributed by atoms with Gasteiger partial charge in [-0.15, -0.1) is 6.42 Å². The Morgan fingerprint density at radius 3 is 2.15 bits per heavy atom. The molecule has 0 spiro atoms. The van der Waals surface area contributed by atoms with Crippen LogP contribution in [0.5, 0.6) is 0 Å². The van der Waals surface area contributed by atoms with Gasteiger partial charge in [0, 0.05) is 32.7 Å². The van der Waals surface area contributed by atoms with E-state index in [0.29, 0.717) is 52.9 Å². The molecule has 0 saturated carbocycles. The fourth-order valence-electron chi connectivity index (χ4n) is 4.26. The van der Waals surface area contributed by atoms with Gasteiger partial charge in [-0.05, 0) is 24.9 Å². The third-order valence-corrected chi connectivity index (χ3v) is 6.47. The Kier molecular flexibility index (Phi) is 16.1. The number of rotatable bonds is 20. The first kappa shape index (κ1) is 31.5. The van der Waals surface area contributed by atoms with Crippen molar-refractivity contribution in [3.05, 3.63) is 35.9 Å². The zero-order chi connectivity index (χ0) is 27.4. The predicted molar refractivity (Wildman–Crippen MR) is 145 cm³/mol. The van der Waals surface area contributed by atoms with Crippen molar-refractivity contribution in [1.29, 1.82) is 0 Å². The second-order valence-electron chi connectivity index (χ2n) is 9.40. The van der Waals surface area contributed by atoms with Crippen molar-refractivity contribution in [2.45, 2.75) is 31.8 Å². The minimum Gasteiger partial charge on any atom is -0.459 e. The van der Waals surface area contributed by atoms with E-state index in [2.05, 4.69) is 15.7 Å². The molecular weight excluding hydrogens is 504 g/mol. The molecule has 2 aliphatic heterocycles. The monoisotopic (exact) mass is 548 g/mol. The molecule has 0 N–H and O–H groups in total. The second kappa shape index (κ2) is 19.9. The van der Waals surface area contributed by atoms with Crippen LogP contribution in [-0.4, -0.2) is 127 Å². The molecule has 1 aromatic carbocycles. The Hall–Kier alpha value is -2.07. The maximum absolute atomic E-state index is 12.3. The van der Waals surface area contributed by atoms with E-state index >= 15 is 0 Å². The van der Waals surface area contributed by atoms with Gasteiger partial charge in [-0.2, -0.15) is 0 Å². The highest BCUT2D eigenvalue weighted by Gasteiger charge is 2.32. The van der Waals surface area contributed by atoms with Gasteiger partial charge in [-0.3, -0.25) is 4.90 Å². The third-order valence-electron chi connectivity index (χ3n) is 6.47. The number of benzene rings is 1. The van der Waals surface area contributed by atoms with E-state index in [1.807, 2.05) is 30.3 Å². The molecule has 0 aromatic heterocycles. The van der Waals surface area contributed by atoms with E-state index in [4.69, 9.17) is 39.6 Å². The predicted octanol–water partition coefficient (Wildman–Crippen LogP) is 1.57. The number of carbonyl (C=O) groups is 1. The Balaban J connectivity index is 1.10. The average Bonchev–Trinajstić information content (AvgIpc) is 3.45. The van der Waals surface area contributed by atoms with Crippen LogP contribution < -0.4 is 0 Å². The summed E-state index contributed by atoms with van der Waals surface area (Å²) in [7, 11) is 0. The summed E-state index contributed by atoms with van der Waals surface area (Å²) in [6, 6.07) is 9.63. The first-order chi connectivity index (χ1) is 19.2. The first-order valence-corrected chi connectivity index (χ1v) is 13.9. The van der Waals surface area contributed by atoms with Crippen LogP contribution in [0.15, 0.2) is 30.3 Å². The number of esters is 1. The number of hydrogen-bond donors (Lipinski definition) is 0. The van der Waals surface area contributed by atoms with Gasteiger partial charge in [-0.1, -0.05) is 36.3 Å². The summed E-state index contributed by atoms with van der Waals surface area (Å²) in [6.45, 7) is 10.9. The van der Waals surface area contributed by atoms with Crippen LogP contribution in [-0.2, 0) is 44.6 Å². The van der Waals surface area contributed by atoms with Crippen LogP contribution in [0.4, 0.5) is 0 Å². The Bertz CT molecular complexity index is 813. The van der Waals surface area contributed by atoms with E-state index < -0.39 is 6.10 Å². The van der Waals surface area contributed by atoms with Crippen LogP contribution in [0.2, 0.25) is 0 Å². The molecule has 2 unspecified atom stereocenters. The molecular formula is C29H44N2O8. The van der Waals surface area contributed by atoms with Crippen LogP contribution in [0.1, 0.15) is 18.4 Å². The molecule has 2 atom stereocenters. The summed E-state index contributed by atoms with van der Waals surface area (Å²) in [6.07, 6.45) is 5.85. The molecule has 10 heteroatoms. The van der Waals surface area contributed by atoms with Crippen molar-refractivity contribution in [3.8, 4) is 12.3 Å². The molecule has 0 amide bonds. The standard InChI is InChI=1S/C29H44N2O8/c1-2-16-33-18-20-35-22-23-36-21-19-34-17-15-31-13-11-30(12-14-31)10-6-9-28-37-25-27(39-28)29(32)38-24-26-7-4-3-5-8-26/h1,3-5,7-8,27-28H,6,9-25H2. The van der Waals surface area contributed by atoms with Crippen molar-refractivity contribution < 1.29 is 38.0 Å². The van der Waals surface area contributed by atoms with E-state index in [1.165, 1.54) is 0 Å². The van der Waals surface area contributed by atoms with Gasteiger partial charge in [0.15, 0.2) is 12.4 Å². The number of ether oxygens (including phenoxy) is 7. The van der Waals surface area contributed by atoms with E-state index in [9.17, 15) is 4.79 Å². The lowest BCUT2D eigenvalue weighted by atomic mass is 10.2. The van der Waals surface area contributed by atoms with Crippen LogP contribution in [0.25, 0.3) is 0 Å². The molecule has 0 aliphatic carbocycles. The van der Waals surface area contributed by atoms with E-state index in [1.54, 1.807) is 0 Å². The number of hydrogen-bond acceptors (Lipinski definition) is 10. The largest absolute Gasteiger partial charge is 0.459 e. The third kappa shape index (κ3) is 13.7. The minimum atomic E-state index is -0.639. The van der Waals surface area contributed by atoms with Gasteiger partial charge in [0.2, 0.25) is 0 Å². The summed E-state index contributed by atoms with van der Waals surface area (Å²) in [5.74, 6) is 2.05. The fraction of sp³-hybridized carbons (Fsp3) is 0.690. The van der Waals surface area contributed by atoms with Crippen molar-refractivity contribution in [2.75, 3.05) is 98.7 Å². The van der Waals surface area contributed by atoms with Crippen LogP contribution >= 0.6 is 0 Å². The first-order valence-electron chi connectivity index (χ1n) is 13.9. The lowest BCUT2D eigenvalue weighted by Crippen LogP contribution is -2.47. The molecule has 39 heavy (non-hydrogen) atoms. The normalized spacial score (nSPS) is 20.2. The summed E-state index contributed by atoms with van der Waals surface area (Å²) in [4.78, 5) is 17.2. The van der Waals surface area contributed by atoms with Crippen molar-refractivity contribution >= 4 is 5.97 Å². The molecule has 2 heterocycles. The van der Waals surface area contributed by atoms with E-state index in [0.717, 1.165) is 57.7 Å². The molecule has 2 fully saturated rings. The number of piperazine rings is 1. The Labute approximate surface area is 232 Å². The van der Waals surface area contributed by atoms with Crippen LogP contribution in [0, 0.1) is 12.3 Å². The average molecular weight is 549 g/mol. The molecule has 2 aliphatic rings. The summed E-state index contributed by atoms with van der Waals surface area (Å²) in [5.41, 5.74) is 0.955. The summed E-state index contributed by atoms with van der Waals surface area (Å²) < 4.78 is 38.5. The minimum absolute atomic E-state index is 0.249. The number of terminal acetylenes is 1. The van der Waals surface area contributed by atoms with Gasteiger partial charge in [0.25, 0.3) is 0 Å². The van der Waals surface area contributed by atoms with Gasteiger partial charge < -0.3 is 38.1 Å². The molecule has 2 saturated heterocycles. The molecule has 1 aromatic rings. The fourth-order valence-corrected chi connectivity index (χ4v) is 4.26. The van der Waals surface area contributed by atoms with Gasteiger partial charge >= 0.3 is 5.97 Å². The number of nitrogens with zero attached hydrogens (tertiary/aromatic N) is 2. The smallest absolute Gasteiger partial charge is 0.338 e. The Morgan fingerprint density at radius 1 is 0.872 bits per heavy atom. The van der Waals surface area contributed by atoms with Crippen molar-refractivity contribution in [1.82, 2.24) is 9.80 Å². The second-order valence-corrected chi connectivity index (χ2v) is 9.40. The van der Waals surface area contributed by atoms with Gasteiger partial charge in [0.1, 0.15) is 13.2 Å². The maximum Gasteiger partial charge on any atom is 0.338 e. The zero-order valence-corrected chi connectivity index (χ0v) is 23.0. The van der Waals surface area contributed by atoms with Crippen molar-refractivity contribution in [2.24, 2.45) is 0 Å². The summed E-state index contributed by atoms with van der Waals surface area (Å²) in [5, 5.41) is 0. The van der Waals surface area contributed by atoms with E-state index in [-0.39, 0.29) is 25.5 Å². The van der Waals surface area contributed by atoms with Gasteiger partial charge in [0.05, 0.1) is 52.9 Å². The van der Waals surface area contributed by atoms with Crippen molar-refractivity contribution in [3.63, 3.8) is 0 Å². The SMILES string of the molecule is C#CCOCCOCCOCCOCCN1CCN(CCCC2OCC(C(=O)OCc3ccccc3)O2)CC1. The molecule has 0 bridgehead atoms. The zero-order valence-electron chi connectivity index (χ0n) is 23.0. The highest BCUT2D eigenvalue weighted by molar-refractivity contribution is 5.75. The molecule has 0 radical (unpaired) electrons. The summed E-state index contributed by atoms with van der Waals surface area (Å²) >= 11 is 0. The lowest BCUT2D eigenvalue weighted by Gasteiger charge is -2.34. The highest BCUT2D eigenvalue weighted by Crippen LogP contribution is 2.18. The molecule has 10 nitrogen and oxygen atoms in total. The van der Waals surface area contributed by atoms with Crippen LogP contribution in [0.3, 0.4) is 0 Å². The molecule has 3 rings (SSSR count). The highest BCUT2D eigenvalue weighted by atomic mass is 16.7. The Morgan fingerprint density at radius 2 is 1.49 bits per heavy atom. The number of carbonyl (C=O) groups excluding carboxylic acids is 1. The topological polar surface area (TPSA) is 88.2 Å². The molecule has 218 valence electrons. The maximum atomic E-state index is 12.3. The lowest BCUT2D eigenvalue weighted by molar-refractivity contribution is -0.158.